The minimum atomic E-state index is 1.14. The van der Waals surface area contributed by atoms with Crippen molar-refractivity contribution in [2.24, 2.45) is 0 Å². The first-order valence-electron chi connectivity index (χ1n) is 7.03. The zero-order valence-corrected chi connectivity index (χ0v) is 13.1. The topological polar surface area (TPSA) is 0 Å². The lowest BCUT2D eigenvalue weighted by Crippen LogP contribution is -1.92. The minimum absolute atomic E-state index is 1.14. The lowest BCUT2D eigenvalue weighted by atomic mass is 10.0. The number of hydrogen-bond donors (Lipinski definition) is 0. The molecule has 0 fully saturated rings. The molecule has 102 valence electrons. The highest BCUT2D eigenvalue weighted by molar-refractivity contribution is 7.10. The molecule has 0 atom stereocenters. The number of aryl methyl sites for hydroxylation is 4. The Kier molecular flexibility index (Phi) is 4.67. The van der Waals surface area contributed by atoms with Gasteiger partial charge in [0.25, 0.3) is 0 Å². The van der Waals surface area contributed by atoms with Crippen molar-refractivity contribution >= 4 is 22.7 Å². The van der Waals surface area contributed by atoms with E-state index in [0.29, 0.717) is 0 Å². The molecule has 3 aromatic rings. The van der Waals surface area contributed by atoms with Crippen LogP contribution in [0.2, 0.25) is 0 Å². The van der Waals surface area contributed by atoms with Crippen LogP contribution in [-0.4, -0.2) is 0 Å². The molecule has 0 unspecified atom stereocenters. The summed E-state index contributed by atoms with van der Waals surface area (Å²) in [6, 6.07) is 17.9. The summed E-state index contributed by atoms with van der Waals surface area (Å²) in [4.78, 5) is 2.96. The molecule has 0 N–H and O–H groups in total. The van der Waals surface area contributed by atoms with Crippen LogP contribution in [-0.2, 0) is 25.7 Å². The highest BCUT2D eigenvalue weighted by Crippen LogP contribution is 2.15. The second kappa shape index (κ2) is 6.87. The Hall–Kier alpha value is -1.38. The van der Waals surface area contributed by atoms with Crippen LogP contribution in [0.15, 0.2) is 59.3 Å². The lowest BCUT2D eigenvalue weighted by molar-refractivity contribution is 0.958. The molecule has 0 saturated carbocycles. The zero-order valence-electron chi connectivity index (χ0n) is 11.4. The fourth-order valence-corrected chi connectivity index (χ4v) is 3.74. The highest BCUT2D eigenvalue weighted by atomic mass is 32.1. The van der Waals surface area contributed by atoms with Gasteiger partial charge in [0.1, 0.15) is 0 Å². The van der Waals surface area contributed by atoms with Crippen molar-refractivity contribution in [3.8, 4) is 0 Å². The Morgan fingerprint density at radius 1 is 0.550 bits per heavy atom. The molecule has 2 heteroatoms. The van der Waals surface area contributed by atoms with E-state index in [1.165, 1.54) is 20.9 Å². The maximum Gasteiger partial charge on any atom is 0.00485 e. The Bertz CT molecular complexity index is 547. The Labute approximate surface area is 128 Å². The predicted octanol–water partition coefficient (Wildman–Crippen LogP) is 5.38. The highest BCUT2D eigenvalue weighted by Gasteiger charge is 1.99. The first-order chi connectivity index (χ1) is 9.90. The van der Waals surface area contributed by atoms with Crippen molar-refractivity contribution in [3.63, 3.8) is 0 Å². The summed E-state index contributed by atoms with van der Waals surface area (Å²) >= 11 is 3.71. The van der Waals surface area contributed by atoms with Crippen LogP contribution >= 0.6 is 22.7 Å². The van der Waals surface area contributed by atoms with Gasteiger partial charge in [-0.1, -0.05) is 36.4 Å². The van der Waals surface area contributed by atoms with Crippen LogP contribution in [0.3, 0.4) is 0 Å². The Morgan fingerprint density at radius 3 is 1.35 bits per heavy atom. The van der Waals surface area contributed by atoms with Gasteiger partial charge in [0, 0.05) is 9.75 Å². The lowest BCUT2D eigenvalue weighted by Gasteiger charge is -2.03. The summed E-state index contributed by atoms with van der Waals surface area (Å²) in [5, 5.41) is 4.31. The normalized spacial score (nSPS) is 10.8. The molecule has 0 nitrogen and oxygen atoms in total. The maximum atomic E-state index is 2.29. The Morgan fingerprint density at radius 2 is 1.00 bits per heavy atom. The second-order valence-electron chi connectivity index (χ2n) is 4.98. The number of benzene rings is 1. The Balaban J connectivity index is 1.51. The van der Waals surface area contributed by atoms with Gasteiger partial charge in [0.15, 0.2) is 0 Å². The van der Waals surface area contributed by atoms with E-state index >= 15 is 0 Å². The third kappa shape index (κ3) is 3.81. The molecule has 20 heavy (non-hydrogen) atoms. The van der Waals surface area contributed by atoms with E-state index in [9.17, 15) is 0 Å². The largest absolute Gasteiger partial charge is 0.149 e. The molecule has 0 saturated heterocycles. The van der Waals surface area contributed by atoms with Crippen LogP contribution < -0.4 is 0 Å². The molecule has 0 aliphatic heterocycles. The van der Waals surface area contributed by atoms with Gasteiger partial charge in [-0.25, -0.2) is 0 Å². The molecule has 2 aromatic heterocycles. The third-order valence-corrected chi connectivity index (χ3v) is 5.38. The molecular formula is C18H18S2. The van der Waals surface area contributed by atoms with Crippen molar-refractivity contribution in [1.29, 1.82) is 0 Å². The van der Waals surface area contributed by atoms with E-state index in [1.807, 2.05) is 22.7 Å². The molecule has 2 heterocycles. The summed E-state index contributed by atoms with van der Waals surface area (Å²) in [6.07, 6.45) is 4.61. The van der Waals surface area contributed by atoms with Gasteiger partial charge < -0.3 is 0 Å². The van der Waals surface area contributed by atoms with Gasteiger partial charge in [-0.2, -0.15) is 0 Å². The zero-order chi connectivity index (χ0) is 13.6. The van der Waals surface area contributed by atoms with E-state index < -0.39 is 0 Å². The van der Waals surface area contributed by atoms with Gasteiger partial charge in [-0.15, -0.1) is 22.7 Å². The molecule has 0 aliphatic carbocycles. The molecule has 0 bridgehead atoms. The van der Waals surface area contributed by atoms with E-state index in [2.05, 4.69) is 59.3 Å². The van der Waals surface area contributed by atoms with E-state index in [-0.39, 0.29) is 0 Å². The first kappa shape index (κ1) is 13.6. The molecule has 0 aliphatic rings. The van der Waals surface area contributed by atoms with Crippen LogP contribution in [0.4, 0.5) is 0 Å². The van der Waals surface area contributed by atoms with Crippen molar-refractivity contribution in [3.05, 3.63) is 80.2 Å². The van der Waals surface area contributed by atoms with E-state index in [4.69, 9.17) is 0 Å². The fraction of sp³-hybridized carbons (Fsp3) is 0.222. The molecule has 0 spiro atoms. The van der Waals surface area contributed by atoms with Gasteiger partial charge in [0.2, 0.25) is 0 Å². The van der Waals surface area contributed by atoms with Crippen molar-refractivity contribution < 1.29 is 0 Å². The predicted molar refractivity (Wildman–Crippen MR) is 89.9 cm³/mol. The summed E-state index contributed by atoms with van der Waals surface area (Å²) in [7, 11) is 0. The van der Waals surface area contributed by atoms with Gasteiger partial charge >= 0.3 is 0 Å². The summed E-state index contributed by atoms with van der Waals surface area (Å²) in [5.41, 5.74) is 2.89. The monoisotopic (exact) mass is 298 g/mol. The average molecular weight is 298 g/mol. The molecule has 0 amide bonds. The maximum absolute atomic E-state index is 2.29. The van der Waals surface area contributed by atoms with Crippen LogP contribution in [0.1, 0.15) is 20.9 Å². The number of rotatable bonds is 6. The van der Waals surface area contributed by atoms with Crippen LogP contribution in [0, 0.1) is 0 Å². The molecule has 1 aromatic carbocycles. The summed E-state index contributed by atoms with van der Waals surface area (Å²) in [6.45, 7) is 0. The average Bonchev–Trinajstić information content (AvgIpc) is 3.17. The van der Waals surface area contributed by atoms with E-state index in [0.717, 1.165) is 25.7 Å². The minimum Gasteiger partial charge on any atom is -0.149 e. The first-order valence-corrected chi connectivity index (χ1v) is 8.79. The van der Waals surface area contributed by atoms with Gasteiger partial charge in [0.05, 0.1) is 0 Å². The number of thiophene rings is 2. The quantitative estimate of drug-likeness (QED) is 0.573. The fourth-order valence-electron chi connectivity index (χ4n) is 2.32. The second-order valence-corrected chi connectivity index (χ2v) is 7.04. The SMILES string of the molecule is c1csc(CCc2ccc(CCc3cccs3)cc2)c1. The smallest absolute Gasteiger partial charge is 0.00485 e. The molecule has 0 radical (unpaired) electrons. The standard InChI is InChI=1S/C18H18S2/c1-3-17(19-13-1)11-9-15-5-7-16(8-6-15)10-12-18-4-2-14-20-18/h1-8,13-14H,9-12H2. The van der Waals surface area contributed by atoms with Crippen molar-refractivity contribution in [1.82, 2.24) is 0 Å². The van der Waals surface area contributed by atoms with Crippen LogP contribution in [0.25, 0.3) is 0 Å². The molecular weight excluding hydrogens is 280 g/mol. The summed E-state index contributed by atoms with van der Waals surface area (Å²) in [5.74, 6) is 0. The van der Waals surface area contributed by atoms with Crippen molar-refractivity contribution in [2.75, 3.05) is 0 Å². The van der Waals surface area contributed by atoms with Crippen molar-refractivity contribution in [2.45, 2.75) is 25.7 Å². The van der Waals surface area contributed by atoms with E-state index in [1.54, 1.807) is 0 Å². The molecule has 3 rings (SSSR count). The van der Waals surface area contributed by atoms with Gasteiger partial charge in [-0.05, 0) is 59.7 Å². The third-order valence-electron chi connectivity index (χ3n) is 3.50. The number of hydrogen-bond acceptors (Lipinski definition) is 2. The van der Waals surface area contributed by atoms with Crippen LogP contribution in [0.5, 0.6) is 0 Å². The summed E-state index contributed by atoms with van der Waals surface area (Å²) < 4.78 is 0. The van der Waals surface area contributed by atoms with Gasteiger partial charge in [-0.3, -0.25) is 0 Å².